The molecule has 2 aromatic rings. The van der Waals surface area contributed by atoms with Crippen LogP contribution >= 0.6 is 15.9 Å². The number of ether oxygens (including phenoxy) is 1. The van der Waals surface area contributed by atoms with Crippen LogP contribution in [0.15, 0.2) is 34.8 Å². The molecule has 19 heavy (non-hydrogen) atoms. The Morgan fingerprint density at radius 3 is 2.79 bits per heavy atom. The molecule has 0 atom stereocenters. The van der Waals surface area contributed by atoms with Crippen molar-refractivity contribution in [3.05, 3.63) is 51.8 Å². The lowest BCUT2D eigenvalue weighted by molar-refractivity contribution is 0.413. The summed E-state index contributed by atoms with van der Waals surface area (Å²) in [4.78, 5) is 4.49. The molecule has 0 aliphatic heterocycles. The summed E-state index contributed by atoms with van der Waals surface area (Å²) >= 11 is 3.59. The average Bonchev–Trinajstić information content (AvgIpc) is 2.40. The lowest BCUT2D eigenvalue weighted by Crippen LogP contribution is -2.04. The number of hydrogen-bond acceptors (Lipinski definition) is 3. The number of pyridine rings is 1. The van der Waals surface area contributed by atoms with Gasteiger partial charge in [0, 0.05) is 28.0 Å². The highest BCUT2D eigenvalue weighted by Gasteiger charge is 2.04. The van der Waals surface area contributed by atoms with E-state index in [1.807, 2.05) is 31.2 Å². The third-order valence-electron chi connectivity index (χ3n) is 2.87. The summed E-state index contributed by atoms with van der Waals surface area (Å²) < 4.78 is 6.35. The monoisotopic (exact) mass is 320 g/mol. The van der Waals surface area contributed by atoms with E-state index in [-0.39, 0.29) is 0 Å². The van der Waals surface area contributed by atoms with E-state index >= 15 is 0 Å². The van der Waals surface area contributed by atoms with Crippen molar-refractivity contribution < 1.29 is 4.74 Å². The Morgan fingerprint density at radius 2 is 2.05 bits per heavy atom. The Hall–Kier alpha value is -1.55. The number of benzene rings is 1. The molecule has 0 saturated heterocycles. The highest BCUT2D eigenvalue weighted by atomic mass is 79.9. The van der Waals surface area contributed by atoms with Crippen molar-refractivity contribution >= 4 is 21.6 Å². The SMILES string of the molecule is COc1cc(C)nc(CNc2cccc(C)c2Br)c1. The molecule has 0 aliphatic carbocycles. The number of nitrogens with one attached hydrogen (secondary N) is 1. The van der Waals surface area contributed by atoms with E-state index in [1.54, 1.807) is 7.11 Å². The molecule has 0 unspecified atom stereocenters. The zero-order chi connectivity index (χ0) is 13.8. The predicted molar refractivity (Wildman–Crippen MR) is 81.7 cm³/mol. The number of nitrogens with zero attached hydrogens (tertiary/aromatic N) is 1. The number of rotatable bonds is 4. The van der Waals surface area contributed by atoms with Gasteiger partial charge in [0.15, 0.2) is 0 Å². The minimum Gasteiger partial charge on any atom is -0.497 e. The molecule has 4 heteroatoms. The Balaban J connectivity index is 2.14. The van der Waals surface area contributed by atoms with Gasteiger partial charge in [-0.3, -0.25) is 4.98 Å². The maximum absolute atomic E-state index is 5.25. The minimum absolute atomic E-state index is 0.667. The first kappa shape index (κ1) is 13.9. The van der Waals surface area contributed by atoms with Crippen molar-refractivity contribution in [3.63, 3.8) is 0 Å². The second kappa shape index (κ2) is 6.06. The van der Waals surface area contributed by atoms with Crippen molar-refractivity contribution in [2.24, 2.45) is 0 Å². The summed E-state index contributed by atoms with van der Waals surface area (Å²) in [6, 6.07) is 10.0. The fourth-order valence-corrected chi connectivity index (χ4v) is 2.29. The van der Waals surface area contributed by atoms with E-state index in [9.17, 15) is 0 Å². The van der Waals surface area contributed by atoms with Gasteiger partial charge in [0.2, 0.25) is 0 Å². The van der Waals surface area contributed by atoms with Gasteiger partial charge < -0.3 is 10.1 Å². The van der Waals surface area contributed by atoms with Gasteiger partial charge in [0.25, 0.3) is 0 Å². The highest BCUT2D eigenvalue weighted by molar-refractivity contribution is 9.10. The summed E-state index contributed by atoms with van der Waals surface area (Å²) in [7, 11) is 1.67. The number of anilines is 1. The van der Waals surface area contributed by atoms with E-state index < -0.39 is 0 Å². The maximum atomic E-state index is 5.25. The molecular formula is C15H17BrN2O. The zero-order valence-corrected chi connectivity index (χ0v) is 12.9. The predicted octanol–water partition coefficient (Wildman–Crippen LogP) is 4.08. The third kappa shape index (κ3) is 3.47. The van der Waals surface area contributed by atoms with Gasteiger partial charge in [-0.2, -0.15) is 0 Å². The number of methoxy groups -OCH3 is 1. The Morgan fingerprint density at radius 1 is 1.26 bits per heavy atom. The Bertz CT molecular complexity index is 584. The fourth-order valence-electron chi connectivity index (χ4n) is 1.88. The van der Waals surface area contributed by atoms with E-state index in [0.29, 0.717) is 6.54 Å². The maximum Gasteiger partial charge on any atom is 0.122 e. The van der Waals surface area contributed by atoms with Crippen LogP contribution in [0, 0.1) is 13.8 Å². The van der Waals surface area contributed by atoms with E-state index in [1.165, 1.54) is 5.56 Å². The normalized spacial score (nSPS) is 10.3. The number of hydrogen-bond donors (Lipinski definition) is 1. The van der Waals surface area contributed by atoms with Crippen LogP contribution in [0.25, 0.3) is 0 Å². The molecule has 0 bridgehead atoms. The van der Waals surface area contributed by atoms with Crippen LogP contribution in [-0.2, 0) is 6.54 Å². The first-order valence-corrected chi connectivity index (χ1v) is 6.90. The lowest BCUT2D eigenvalue weighted by atomic mass is 10.2. The van der Waals surface area contributed by atoms with Gasteiger partial charge in [0.1, 0.15) is 5.75 Å². The van der Waals surface area contributed by atoms with E-state index in [4.69, 9.17) is 4.74 Å². The third-order valence-corrected chi connectivity index (χ3v) is 3.92. The molecule has 1 aromatic carbocycles. The molecule has 1 aromatic heterocycles. The summed E-state index contributed by atoms with van der Waals surface area (Å²) in [5, 5.41) is 3.38. The van der Waals surface area contributed by atoms with Gasteiger partial charge in [-0.05, 0) is 41.4 Å². The van der Waals surface area contributed by atoms with E-state index in [2.05, 4.69) is 39.2 Å². The molecule has 100 valence electrons. The molecule has 3 nitrogen and oxygen atoms in total. The molecule has 0 radical (unpaired) electrons. The van der Waals surface area contributed by atoms with Crippen LogP contribution in [0.2, 0.25) is 0 Å². The fraction of sp³-hybridized carbons (Fsp3) is 0.267. The second-order valence-electron chi connectivity index (χ2n) is 4.43. The quantitative estimate of drug-likeness (QED) is 0.921. The summed E-state index contributed by atoms with van der Waals surface area (Å²) in [5.74, 6) is 0.840. The highest BCUT2D eigenvalue weighted by Crippen LogP contribution is 2.26. The first-order chi connectivity index (χ1) is 9.10. The molecular weight excluding hydrogens is 304 g/mol. The van der Waals surface area contributed by atoms with Gasteiger partial charge in [-0.15, -0.1) is 0 Å². The molecule has 1 N–H and O–H groups in total. The Kier molecular flexibility index (Phi) is 4.43. The van der Waals surface area contributed by atoms with Gasteiger partial charge in [0.05, 0.1) is 19.3 Å². The minimum atomic E-state index is 0.667. The van der Waals surface area contributed by atoms with Crippen LogP contribution in [0.1, 0.15) is 17.0 Å². The first-order valence-electron chi connectivity index (χ1n) is 6.10. The Labute approximate surface area is 122 Å². The van der Waals surface area contributed by atoms with Crippen LogP contribution in [0.5, 0.6) is 5.75 Å². The summed E-state index contributed by atoms with van der Waals surface area (Å²) in [6.07, 6.45) is 0. The van der Waals surface area contributed by atoms with Gasteiger partial charge in [-0.25, -0.2) is 0 Å². The van der Waals surface area contributed by atoms with Crippen molar-refractivity contribution in [2.45, 2.75) is 20.4 Å². The molecule has 0 fully saturated rings. The van der Waals surface area contributed by atoms with Crippen LogP contribution in [-0.4, -0.2) is 12.1 Å². The van der Waals surface area contributed by atoms with Crippen molar-refractivity contribution in [3.8, 4) is 5.75 Å². The van der Waals surface area contributed by atoms with Crippen molar-refractivity contribution in [1.29, 1.82) is 0 Å². The standard InChI is InChI=1S/C15H17BrN2O/c1-10-5-4-6-14(15(10)16)17-9-12-8-13(19-3)7-11(2)18-12/h4-8,17H,9H2,1-3H3. The summed E-state index contributed by atoms with van der Waals surface area (Å²) in [5.41, 5.74) is 4.20. The summed E-state index contributed by atoms with van der Waals surface area (Å²) in [6.45, 7) is 4.71. The molecule has 0 amide bonds. The number of halogens is 1. The molecule has 1 heterocycles. The second-order valence-corrected chi connectivity index (χ2v) is 5.22. The molecule has 0 aliphatic rings. The number of aromatic nitrogens is 1. The van der Waals surface area contributed by atoms with Crippen molar-refractivity contribution in [2.75, 3.05) is 12.4 Å². The van der Waals surface area contributed by atoms with Gasteiger partial charge >= 0.3 is 0 Å². The van der Waals surface area contributed by atoms with Crippen LogP contribution < -0.4 is 10.1 Å². The smallest absolute Gasteiger partial charge is 0.122 e. The van der Waals surface area contributed by atoms with E-state index in [0.717, 1.165) is 27.3 Å². The van der Waals surface area contributed by atoms with Crippen LogP contribution in [0.4, 0.5) is 5.69 Å². The molecule has 2 rings (SSSR count). The van der Waals surface area contributed by atoms with Crippen molar-refractivity contribution in [1.82, 2.24) is 4.98 Å². The molecule has 0 saturated carbocycles. The lowest BCUT2D eigenvalue weighted by Gasteiger charge is -2.11. The topological polar surface area (TPSA) is 34.1 Å². The van der Waals surface area contributed by atoms with Crippen LogP contribution in [0.3, 0.4) is 0 Å². The zero-order valence-electron chi connectivity index (χ0n) is 11.3. The largest absolute Gasteiger partial charge is 0.497 e. The molecule has 0 spiro atoms. The van der Waals surface area contributed by atoms with Gasteiger partial charge in [-0.1, -0.05) is 12.1 Å². The number of aryl methyl sites for hydroxylation is 2. The average molecular weight is 321 g/mol.